The summed E-state index contributed by atoms with van der Waals surface area (Å²) in [7, 11) is -4.30. The highest BCUT2D eigenvalue weighted by atomic mass is 35.5. The van der Waals surface area contributed by atoms with Gasteiger partial charge in [-0.25, -0.2) is 5.32 Å². The van der Waals surface area contributed by atoms with Crippen LogP contribution >= 0.6 is 11.6 Å². The third-order valence-corrected chi connectivity index (χ3v) is 6.05. The molecule has 2 aromatic carbocycles. The van der Waals surface area contributed by atoms with Gasteiger partial charge in [0, 0.05) is 4.14 Å². The van der Waals surface area contributed by atoms with Gasteiger partial charge in [0.05, 0.1) is 11.6 Å². The van der Waals surface area contributed by atoms with E-state index in [-0.39, 0.29) is 28.5 Å². The van der Waals surface area contributed by atoms with Crippen LogP contribution in [0.4, 0.5) is 5.95 Å². The van der Waals surface area contributed by atoms with Crippen molar-refractivity contribution < 1.29 is 22.1 Å². The first-order chi connectivity index (χ1) is 15.3. The second kappa shape index (κ2) is 10.2. The monoisotopic (exact) mass is 477 g/mol. The Kier molecular flexibility index (Phi) is 7.44. The van der Waals surface area contributed by atoms with Crippen molar-refractivity contribution in [3.8, 4) is 6.01 Å². The third kappa shape index (κ3) is 5.62. The molecule has 0 saturated carbocycles. The summed E-state index contributed by atoms with van der Waals surface area (Å²) in [6.07, 6.45) is 0. The number of ether oxygens (including phenoxy) is 1. The molecule has 0 bridgehead atoms. The number of halogens is 1. The van der Waals surface area contributed by atoms with E-state index in [0.29, 0.717) is 16.6 Å². The topological polar surface area (TPSA) is 132 Å². The van der Waals surface area contributed by atoms with Crippen molar-refractivity contribution in [2.45, 2.75) is 25.3 Å². The molecule has 0 fully saturated rings. The minimum absolute atomic E-state index is 0.0129. The van der Waals surface area contributed by atoms with Gasteiger partial charge in [0.2, 0.25) is 0 Å². The van der Waals surface area contributed by atoms with E-state index in [9.17, 15) is 8.42 Å². The number of benzene rings is 2. The molecule has 1 aromatic heterocycles. The van der Waals surface area contributed by atoms with E-state index in [1.807, 2.05) is 6.07 Å². The van der Waals surface area contributed by atoms with Crippen LogP contribution in [-0.2, 0) is 21.5 Å². The number of nitrogens with one attached hydrogen (secondary N) is 1. The van der Waals surface area contributed by atoms with Crippen LogP contribution in [0.1, 0.15) is 18.3 Å². The molecule has 0 aliphatic carbocycles. The van der Waals surface area contributed by atoms with Crippen molar-refractivity contribution in [2.75, 3.05) is 11.9 Å². The Bertz CT molecular complexity index is 1220. The number of sulfonamides is 1. The van der Waals surface area contributed by atoms with Crippen LogP contribution in [0.5, 0.6) is 6.01 Å². The van der Waals surface area contributed by atoms with E-state index in [2.05, 4.69) is 20.3 Å². The van der Waals surface area contributed by atoms with Gasteiger partial charge in [0.15, 0.2) is 6.61 Å². The van der Waals surface area contributed by atoms with Crippen molar-refractivity contribution in [1.29, 1.82) is 0 Å². The van der Waals surface area contributed by atoms with Crippen LogP contribution in [0.2, 0.25) is 5.02 Å². The number of hydrogen-bond acceptors (Lipinski definition) is 7. The summed E-state index contributed by atoms with van der Waals surface area (Å²) in [6, 6.07) is 15.1. The fourth-order valence-electron chi connectivity index (χ4n) is 2.59. The predicted molar refractivity (Wildman–Crippen MR) is 119 cm³/mol. The highest BCUT2D eigenvalue weighted by Gasteiger charge is 2.31. The van der Waals surface area contributed by atoms with Gasteiger partial charge in [-0.3, -0.25) is 5.73 Å². The van der Waals surface area contributed by atoms with E-state index in [1.54, 1.807) is 50.2 Å². The lowest BCUT2D eigenvalue weighted by molar-refractivity contribution is -0.682. The average molecular weight is 478 g/mol. The zero-order valence-electron chi connectivity index (χ0n) is 17.4. The molecule has 0 radical (unpaired) electrons. The standard InChI is InChI=1S/C20H21ClN6O4S/c1-3-30-20-24-14(2)23-19(26-20)25-18(22)27(31-13-15-9-5-4-6-10-15)32(28,29)17-12-8-7-11-16(17)21/h4-12H,3,13H2,1-2H3,(H2,22,23,24,25,26)/p+1. The predicted octanol–water partition coefficient (Wildman–Crippen LogP) is 2.49. The number of aryl methyl sites for hydroxylation is 1. The lowest BCUT2D eigenvalue weighted by atomic mass is 10.2. The molecule has 12 heteroatoms. The Labute approximate surface area is 190 Å². The summed E-state index contributed by atoms with van der Waals surface area (Å²) in [5.41, 5.74) is 6.84. The summed E-state index contributed by atoms with van der Waals surface area (Å²) < 4.78 is 32.5. The Morgan fingerprint density at radius 2 is 1.78 bits per heavy atom. The molecule has 3 N–H and O–H groups in total. The van der Waals surface area contributed by atoms with Crippen molar-refractivity contribution in [3.63, 3.8) is 0 Å². The molecule has 10 nitrogen and oxygen atoms in total. The lowest BCUT2D eigenvalue weighted by Crippen LogP contribution is -2.39. The van der Waals surface area contributed by atoms with Crippen LogP contribution in [-0.4, -0.2) is 40.1 Å². The fraction of sp³-hybridized carbons (Fsp3) is 0.200. The Morgan fingerprint density at radius 1 is 1.09 bits per heavy atom. The first kappa shape index (κ1) is 23.2. The number of nitrogens with two attached hydrogens (primary N) is 1. The Balaban J connectivity index is 2.02. The normalized spacial score (nSPS) is 12.1. The molecule has 168 valence electrons. The molecular formula is C20H22ClN6O4S+. The lowest BCUT2D eigenvalue weighted by Gasteiger charge is -2.13. The number of anilines is 1. The van der Waals surface area contributed by atoms with Gasteiger partial charge >= 0.3 is 22.0 Å². The second-order valence-electron chi connectivity index (χ2n) is 6.35. The number of nitrogens with zero attached hydrogens (tertiary/aromatic N) is 4. The molecule has 0 amide bonds. The van der Waals surface area contributed by atoms with Gasteiger partial charge < -0.3 is 9.57 Å². The number of hydrogen-bond donors (Lipinski definition) is 2. The zero-order valence-corrected chi connectivity index (χ0v) is 19.0. The van der Waals surface area contributed by atoms with E-state index in [4.69, 9.17) is 26.9 Å². The van der Waals surface area contributed by atoms with E-state index >= 15 is 0 Å². The molecule has 0 aliphatic heterocycles. The maximum absolute atomic E-state index is 13.3. The molecular weight excluding hydrogens is 456 g/mol. The van der Waals surface area contributed by atoms with E-state index < -0.39 is 16.0 Å². The van der Waals surface area contributed by atoms with Gasteiger partial charge in [0.25, 0.3) is 5.95 Å². The van der Waals surface area contributed by atoms with Crippen molar-refractivity contribution >= 4 is 33.5 Å². The molecule has 0 unspecified atom stereocenters. The maximum Gasteiger partial charge on any atom is 0.404 e. The van der Waals surface area contributed by atoms with Crippen molar-refractivity contribution in [3.05, 3.63) is 71.0 Å². The van der Waals surface area contributed by atoms with Gasteiger partial charge in [-0.15, -0.1) is 4.98 Å². The van der Waals surface area contributed by atoms with Crippen LogP contribution in [0.25, 0.3) is 0 Å². The summed E-state index contributed by atoms with van der Waals surface area (Å²) in [5, 5.41) is 2.66. The quantitative estimate of drug-likeness (QED) is 0.217. The van der Waals surface area contributed by atoms with Gasteiger partial charge in [-0.05, 0) is 31.5 Å². The van der Waals surface area contributed by atoms with Crippen LogP contribution in [0, 0.1) is 6.92 Å². The zero-order chi connectivity index (χ0) is 23.1. The molecule has 32 heavy (non-hydrogen) atoms. The summed E-state index contributed by atoms with van der Waals surface area (Å²) in [4.78, 5) is 17.7. The molecule has 0 saturated heterocycles. The first-order valence-electron chi connectivity index (χ1n) is 9.53. The van der Waals surface area contributed by atoms with Gasteiger partial charge in [-0.1, -0.05) is 54.1 Å². The van der Waals surface area contributed by atoms with E-state index in [1.165, 1.54) is 12.1 Å². The van der Waals surface area contributed by atoms with Crippen LogP contribution in [0.3, 0.4) is 0 Å². The van der Waals surface area contributed by atoms with Gasteiger partial charge in [0.1, 0.15) is 10.7 Å². The number of guanidine groups is 1. The first-order valence-corrected chi connectivity index (χ1v) is 11.3. The van der Waals surface area contributed by atoms with Crippen LogP contribution in [0.15, 0.2) is 59.5 Å². The molecule has 0 atom stereocenters. The highest BCUT2D eigenvalue weighted by molar-refractivity contribution is 7.85. The minimum atomic E-state index is -4.30. The molecule has 1 heterocycles. The summed E-state index contributed by atoms with van der Waals surface area (Å²) in [5.74, 6) is -0.0560. The Morgan fingerprint density at radius 3 is 2.47 bits per heavy atom. The highest BCUT2D eigenvalue weighted by Crippen LogP contribution is 2.23. The van der Waals surface area contributed by atoms with Gasteiger partial charge in [-0.2, -0.15) is 18.4 Å². The molecule has 0 aliphatic rings. The molecule has 3 rings (SSSR count). The second-order valence-corrected chi connectivity index (χ2v) is 8.48. The largest absolute Gasteiger partial charge is 0.464 e. The number of rotatable bonds is 8. The SMILES string of the molecule is CCOc1nc(C)nc(NC(N)=[N+](OCc2ccccc2)S(=O)(=O)c2ccccc2Cl)n1. The average Bonchev–Trinajstić information content (AvgIpc) is 2.74. The van der Waals surface area contributed by atoms with Crippen molar-refractivity contribution in [2.24, 2.45) is 5.73 Å². The number of aromatic nitrogens is 3. The summed E-state index contributed by atoms with van der Waals surface area (Å²) in [6.45, 7) is 3.68. The third-order valence-electron chi connectivity index (χ3n) is 3.96. The smallest absolute Gasteiger partial charge is 0.404 e. The summed E-state index contributed by atoms with van der Waals surface area (Å²) >= 11 is 6.13. The maximum atomic E-state index is 13.3. The van der Waals surface area contributed by atoms with E-state index in [0.717, 1.165) is 5.56 Å². The fourth-order valence-corrected chi connectivity index (χ4v) is 4.25. The minimum Gasteiger partial charge on any atom is -0.464 e. The molecule has 3 aromatic rings. The Hall–Kier alpha value is -3.44. The molecule has 0 spiro atoms. The van der Waals surface area contributed by atoms with Crippen molar-refractivity contribution in [1.82, 2.24) is 15.0 Å². The van der Waals surface area contributed by atoms with Crippen LogP contribution < -0.4 is 15.8 Å².